The van der Waals surface area contributed by atoms with Crippen molar-refractivity contribution in [3.05, 3.63) is 100 Å². The minimum absolute atomic E-state index is 0.0226. The van der Waals surface area contributed by atoms with Gasteiger partial charge in [-0.15, -0.1) is 0 Å². The molecule has 0 amide bonds. The van der Waals surface area contributed by atoms with Crippen molar-refractivity contribution >= 4 is 21.7 Å². The van der Waals surface area contributed by atoms with Crippen LogP contribution in [-0.4, -0.2) is 43.2 Å². The lowest BCUT2D eigenvalue weighted by Gasteiger charge is -2.44. The second kappa shape index (κ2) is 9.56. The topological polar surface area (TPSA) is 86.7 Å². The van der Waals surface area contributed by atoms with E-state index in [0.717, 1.165) is 29.3 Å². The first kappa shape index (κ1) is 23.9. The van der Waals surface area contributed by atoms with Gasteiger partial charge in [0.05, 0.1) is 23.0 Å². The van der Waals surface area contributed by atoms with Crippen molar-refractivity contribution in [3.8, 4) is 0 Å². The van der Waals surface area contributed by atoms with Gasteiger partial charge in [-0.05, 0) is 43.2 Å². The number of carboxylic acids is 1. The van der Waals surface area contributed by atoms with Crippen molar-refractivity contribution < 1.29 is 22.7 Å². The number of likely N-dealkylation sites (tertiary alicyclic amines) is 1. The van der Waals surface area contributed by atoms with Crippen molar-refractivity contribution in [2.45, 2.75) is 19.9 Å². The van der Waals surface area contributed by atoms with Gasteiger partial charge >= 0.3 is 5.97 Å². The summed E-state index contributed by atoms with van der Waals surface area (Å²) in [4.78, 5) is 13.4. The fraction of sp³-hybridized carbons (Fsp3) is 0.269. The predicted molar refractivity (Wildman–Crippen MR) is 130 cm³/mol. The lowest BCUT2D eigenvalue weighted by Crippen LogP contribution is -2.51. The van der Waals surface area contributed by atoms with Gasteiger partial charge in [-0.25, -0.2) is 17.6 Å². The molecule has 0 spiro atoms. The van der Waals surface area contributed by atoms with E-state index in [2.05, 4.69) is 58.2 Å². The summed E-state index contributed by atoms with van der Waals surface area (Å²) in [5, 5.41) is 9.07. The zero-order chi connectivity index (χ0) is 24.5. The Balaban J connectivity index is 1.46. The Kier molecular flexibility index (Phi) is 6.72. The van der Waals surface area contributed by atoms with Crippen LogP contribution in [-0.2, 0) is 10.0 Å². The Morgan fingerprint density at radius 3 is 2.03 bits per heavy atom. The molecule has 1 heterocycles. The highest BCUT2D eigenvalue weighted by molar-refractivity contribution is 7.92. The highest BCUT2D eigenvalue weighted by atomic mass is 32.2. The fourth-order valence-corrected chi connectivity index (χ4v) is 5.73. The normalized spacial score (nSPS) is 14.7. The molecule has 0 unspecified atom stereocenters. The second-order valence-electron chi connectivity index (χ2n) is 8.96. The summed E-state index contributed by atoms with van der Waals surface area (Å²) in [5.41, 5.74) is 4.24. The highest BCUT2D eigenvalue weighted by Gasteiger charge is 2.36. The molecule has 6 nitrogen and oxygen atoms in total. The molecule has 178 valence electrons. The number of hydrogen-bond acceptors (Lipinski definition) is 4. The summed E-state index contributed by atoms with van der Waals surface area (Å²) >= 11 is 0. The summed E-state index contributed by atoms with van der Waals surface area (Å²) in [6.45, 7) is 5.27. The summed E-state index contributed by atoms with van der Waals surface area (Å²) in [7, 11) is -3.78. The third-order valence-corrected chi connectivity index (χ3v) is 7.47. The van der Waals surface area contributed by atoms with Gasteiger partial charge in [0.15, 0.2) is 0 Å². The number of rotatable bonds is 8. The van der Waals surface area contributed by atoms with Crippen molar-refractivity contribution in [1.82, 2.24) is 4.90 Å². The van der Waals surface area contributed by atoms with E-state index in [0.29, 0.717) is 13.1 Å². The van der Waals surface area contributed by atoms with Crippen LogP contribution in [0.4, 0.5) is 10.1 Å². The van der Waals surface area contributed by atoms with Crippen molar-refractivity contribution in [2.24, 2.45) is 5.92 Å². The largest absolute Gasteiger partial charge is 0.478 e. The maximum absolute atomic E-state index is 13.7. The van der Waals surface area contributed by atoms with E-state index in [4.69, 9.17) is 5.11 Å². The van der Waals surface area contributed by atoms with Gasteiger partial charge < -0.3 is 5.11 Å². The number of anilines is 1. The van der Waals surface area contributed by atoms with E-state index in [1.54, 1.807) is 0 Å². The molecule has 0 saturated carbocycles. The second-order valence-corrected chi connectivity index (χ2v) is 10.7. The zero-order valence-corrected chi connectivity index (χ0v) is 19.8. The Hall–Kier alpha value is -3.23. The van der Waals surface area contributed by atoms with Gasteiger partial charge in [-0.2, -0.15) is 0 Å². The molecule has 0 aromatic heterocycles. The number of nitrogens with one attached hydrogen (secondary N) is 1. The molecule has 1 aliphatic rings. The first-order valence-corrected chi connectivity index (χ1v) is 12.7. The van der Waals surface area contributed by atoms with Crippen molar-refractivity contribution in [1.29, 1.82) is 0 Å². The summed E-state index contributed by atoms with van der Waals surface area (Å²) in [6.07, 6.45) is 0. The third-order valence-electron chi connectivity index (χ3n) is 6.01. The number of hydrogen-bond donors (Lipinski definition) is 2. The molecule has 0 atom stereocenters. The Labute approximate surface area is 199 Å². The summed E-state index contributed by atoms with van der Waals surface area (Å²) < 4.78 is 41.4. The van der Waals surface area contributed by atoms with Crippen molar-refractivity contribution in [2.75, 3.05) is 23.6 Å². The minimum Gasteiger partial charge on any atom is -0.478 e. The standard InChI is InChI=1S/C26H27FN2O4S/c1-17-3-7-20(8-4-17)25(21-9-5-18(2)6-10-21)29-14-19(15-29)16-34(32,33)28-24-12-22(26(30)31)11-23(27)13-24/h3-13,19,25,28H,14-16H2,1-2H3,(H,30,31). The molecule has 0 radical (unpaired) electrons. The quantitative estimate of drug-likeness (QED) is 0.490. The molecule has 4 rings (SSSR count). The van der Waals surface area contributed by atoms with Crippen LogP contribution in [0.15, 0.2) is 66.7 Å². The molecule has 1 aliphatic heterocycles. The van der Waals surface area contributed by atoms with E-state index in [1.165, 1.54) is 11.1 Å². The minimum atomic E-state index is -3.78. The smallest absolute Gasteiger partial charge is 0.335 e. The van der Waals surface area contributed by atoms with Crippen LogP contribution in [0.3, 0.4) is 0 Å². The number of carboxylic acid groups (broad SMARTS) is 1. The maximum Gasteiger partial charge on any atom is 0.335 e. The van der Waals surface area contributed by atoms with Crippen LogP contribution < -0.4 is 4.72 Å². The molecule has 1 fully saturated rings. The number of carbonyl (C=O) groups is 1. The molecule has 8 heteroatoms. The van der Waals surface area contributed by atoms with Crippen LogP contribution in [0.2, 0.25) is 0 Å². The number of sulfonamides is 1. The SMILES string of the molecule is Cc1ccc(C(c2ccc(C)cc2)N2CC(CS(=O)(=O)Nc3cc(F)cc(C(=O)O)c3)C2)cc1. The molecule has 1 saturated heterocycles. The van der Waals surface area contributed by atoms with Gasteiger partial charge in [0, 0.05) is 19.0 Å². The van der Waals surface area contributed by atoms with E-state index < -0.39 is 21.8 Å². The molecule has 3 aromatic carbocycles. The molecule has 0 bridgehead atoms. The number of aryl methyl sites for hydroxylation is 2. The highest BCUT2D eigenvalue weighted by Crippen LogP contribution is 2.35. The van der Waals surface area contributed by atoms with E-state index in [-0.39, 0.29) is 29.0 Å². The van der Waals surface area contributed by atoms with Gasteiger partial charge in [0.2, 0.25) is 10.0 Å². The average Bonchev–Trinajstić information content (AvgIpc) is 2.73. The summed E-state index contributed by atoms with van der Waals surface area (Å²) in [6, 6.07) is 19.7. The Bertz CT molecular complexity index is 1240. The van der Waals surface area contributed by atoms with Crippen LogP contribution in [0.1, 0.15) is 38.7 Å². The van der Waals surface area contributed by atoms with Gasteiger partial charge in [-0.3, -0.25) is 9.62 Å². The number of benzene rings is 3. The first-order chi connectivity index (χ1) is 16.1. The fourth-order valence-electron chi connectivity index (χ4n) is 4.34. The summed E-state index contributed by atoms with van der Waals surface area (Å²) in [5.74, 6) is -2.36. The van der Waals surface area contributed by atoms with E-state index >= 15 is 0 Å². The maximum atomic E-state index is 13.7. The number of halogens is 1. The first-order valence-electron chi connectivity index (χ1n) is 11.0. The van der Waals surface area contributed by atoms with E-state index in [9.17, 15) is 17.6 Å². The lowest BCUT2D eigenvalue weighted by atomic mass is 9.90. The van der Waals surface area contributed by atoms with Gasteiger partial charge in [0.25, 0.3) is 0 Å². The van der Waals surface area contributed by atoms with Crippen LogP contribution >= 0.6 is 0 Å². The number of aromatic carboxylic acids is 1. The molecule has 2 N–H and O–H groups in total. The predicted octanol–water partition coefficient (Wildman–Crippen LogP) is 4.60. The number of nitrogens with zero attached hydrogens (tertiary/aromatic N) is 1. The van der Waals surface area contributed by atoms with Crippen LogP contribution in [0.25, 0.3) is 0 Å². The van der Waals surface area contributed by atoms with Crippen LogP contribution in [0, 0.1) is 25.6 Å². The molecule has 34 heavy (non-hydrogen) atoms. The van der Waals surface area contributed by atoms with Crippen molar-refractivity contribution in [3.63, 3.8) is 0 Å². The zero-order valence-electron chi connectivity index (χ0n) is 19.0. The average molecular weight is 483 g/mol. The van der Waals surface area contributed by atoms with Gasteiger partial charge in [0.1, 0.15) is 5.82 Å². The molecular weight excluding hydrogens is 455 g/mol. The monoisotopic (exact) mass is 482 g/mol. The third kappa shape index (κ3) is 5.63. The van der Waals surface area contributed by atoms with Gasteiger partial charge in [-0.1, -0.05) is 59.7 Å². The van der Waals surface area contributed by atoms with E-state index in [1.807, 2.05) is 13.8 Å². The Morgan fingerprint density at radius 2 is 1.53 bits per heavy atom. The lowest BCUT2D eigenvalue weighted by molar-refractivity contribution is 0.0696. The molecule has 3 aromatic rings. The molecule has 0 aliphatic carbocycles. The molecular formula is C26H27FN2O4S. The Morgan fingerprint density at radius 1 is 1.00 bits per heavy atom. The van der Waals surface area contributed by atoms with Crippen LogP contribution in [0.5, 0.6) is 0 Å².